The highest BCUT2D eigenvalue weighted by Gasteiger charge is 2.18. The Morgan fingerprint density at radius 1 is 1.15 bits per heavy atom. The van der Waals surface area contributed by atoms with E-state index in [1.165, 1.54) is 11.3 Å². The van der Waals surface area contributed by atoms with Crippen LogP contribution in [0.2, 0.25) is 0 Å². The molecule has 6 heteroatoms. The van der Waals surface area contributed by atoms with Crippen molar-refractivity contribution in [1.29, 1.82) is 0 Å². The third kappa shape index (κ3) is 2.51. The van der Waals surface area contributed by atoms with Crippen molar-refractivity contribution in [3.05, 3.63) is 67.5 Å². The molecule has 2 aromatic heterocycles. The molecule has 0 atom stereocenters. The monoisotopic (exact) mass is 410 g/mol. The lowest BCUT2D eigenvalue weighted by Gasteiger charge is -2.05. The number of carbonyl (C=O) groups excluding carboxylic acids is 1. The van der Waals surface area contributed by atoms with Gasteiger partial charge in [-0.05, 0) is 56.1 Å². The van der Waals surface area contributed by atoms with Crippen LogP contribution in [0.3, 0.4) is 0 Å². The molecule has 1 aromatic carbocycles. The lowest BCUT2D eigenvalue weighted by molar-refractivity contribution is 0.103. The molecule has 0 aliphatic carbocycles. The van der Waals surface area contributed by atoms with Crippen LogP contribution in [0, 0.1) is 0 Å². The number of ketones is 1. The summed E-state index contributed by atoms with van der Waals surface area (Å²) in [5.41, 5.74) is 1.42. The van der Waals surface area contributed by atoms with Crippen LogP contribution in [0.4, 0.5) is 0 Å². The average molecular weight is 412 g/mol. The second kappa shape index (κ2) is 5.63. The maximum Gasteiger partial charge on any atom is 0.221 e. The van der Waals surface area contributed by atoms with Crippen LogP contribution in [0.25, 0.3) is 5.69 Å². The first kappa shape index (κ1) is 13.7. The van der Waals surface area contributed by atoms with Gasteiger partial charge in [-0.1, -0.05) is 18.2 Å². The molecule has 20 heavy (non-hydrogen) atoms. The molecule has 0 aliphatic heterocycles. The Morgan fingerprint density at radius 3 is 2.55 bits per heavy atom. The number of halogens is 2. The standard InChI is InChI=1S/C14H8Br2N2OS/c15-10-8-12(20-14(10)16)13(19)11-6-7-17-18(11)9-4-2-1-3-5-9/h1-8H. The first-order valence-corrected chi connectivity index (χ1v) is 8.16. The SMILES string of the molecule is O=C(c1cc(Br)c(Br)s1)c1ccnn1-c1ccccc1. The second-order valence-corrected chi connectivity index (χ2v) is 7.25. The molecule has 3 aromatic rings. The summed E-state index contributed by atoms with van der Waals surface area (Å²) in [5.74, 6) is -0.0391. The van der Waals surface area contributed by atoms with Crippen LogP contribution in [0.1, 0.15) is 15.4 Å². The van der Waals surface area contributed by atoms with Crippen molar-refractivity contribution in [2.75, 3.05) is 0 Å². The molecule has 2 heterocycles. The highest BCUT2D eigenvalue weighted by molar-refractivity contribution is 9.13. The molecule has 0 N–H and O–H groups in total. The largest absolute Gasteiger partial charge is 0.286 e. The molecule has 3 rings (SSSR count). The minimum absolute atomic E-state index is 0.0391. The van der Waals surface area contributed by atoms with Crippen LogP contribution in [-0.4, -0.2) is 15.6 Å². The summed E-state index contributed by atoms with van der Waals surface area (Å²) in [4.78, 5) is 13.2. The van der Waals surface area contributed by atoms with E-state index >= 15 is 0 Å². The summed E-state index contributed by atoms with van der Waals surface area (Å²) in [5, 5.41) is 4.24. The van der Waals surface area contributed by atoms with Gasteiger partial charge in [-0.2, -0.15) is 5.10 Å². The van der Waals surface area contributed by atoms with E-state index in [0.29, 0.717) is 10.6 Å². The Labute approximate surface area is 136 Å². The Bertz CT molecular complexity index is 745. The number of nitrogens with zero attached hydrogens (tertiary/aromatic N) is 2. The van der Waals surface area contributed by atoms with E-state index < -0.39 is 0 Å². The van der Waals surface area contributed by atoms with Crippen molar-refractivity contribution in [3.8, 4) is 5.69 Å². The quantitative estimate of drug-likeness (QED) is 0.586. The summed E-state index contributed by atoms with van der Waals surface area (Å²) < 4.78 is 3.45. The van der Waals surface area contributed by atoms with Gasteiger partial charge in [0, 0.05) is 4.47 Å². The van der Waals surface area contributed by atoms with Gasteiger partial charge in [0.25, 0.3) is 0 Å². The highest BCUT2D eigenvalue weighted by atomic mass is 79.9. The molecule has 0 saturated heterocycles. The minimum atomic E-state index is -0.0391. The fourth-order valence-corrected chi connectivity index (χ4v) is 3.82. The van der Waals surface area contributed by atoms with E-state index in [9.17, 15) is 4.79 Å². The van der Waals surface area contributed by atoms with E-state index in [4.69, 9.17) is 0 Å². The number of para-hydroxylation sites is 1. The summed E-state index contributed by atoms with van der Waals surface area (Å²) in [6.45, 7) is 0. The van der Waals surface area contributed by atoms with Gasteiger partial charge < -0.3 is 0 Å². The fourth-order valence-electron chi connectivity index (χ4n) is 1.83. The lowest BCUT2D eigenvalue weighted by Crippen LogP contribution is -2.08. The number of benzene rings is 1. The van der Waals surface area contributed by atoms with Crippen LogP contribution >= 0.6 is 43.2 Å². The molecule has 0 bridgehead atoms. The van der Waals surface area contributed by atoms with E-state index in [0.717, 1.165) is 13.9 Å². The predicted molar refractivity (Wildman–Crippen MR) is 86.7 cm³/mol. The van der Waals surface area contributed by atoms with Gasteiger partial charge in [-0.25, -0.2) is 4.68 Å². The lowest BCUT2D eigenvalue weighted by atomic mass is 10.2. The van der Waals surface area contributed by atoms with Gasteiger partial charge in [0.1, 0.15) is 5.69 Å². The number of carbonyl (C=O) groups is 1. The number of aromatic nitrogens is 2. The molecular weight excluding hydrogens is 404 g/mol. The summed E-state index contributed by atoms with van der Waals surface area (Å²) in [6.07, 6.45) is 1.64. The maximum absolute atomic E-state index is 12.6. The average Bonchev–Trinajstić information content (AvgIpc) is 3.07. The first-order chi connectivity index (χ1) is 9.66. The van der Waals surface area contributed by atoms with E-state index in [2.05, 4.69) is 37.0 Å². The number of hydrogen-bond acceptors (Lipinski definition) is 3. The topological polar surface area (TPSA) is 34.9 Å². The summed E-state index contributed by atoms with van der Waals surface area (Å²) >= 11 is 8.21. The number of rotatable bonds is 3. The van der Waals surface area contributed by atoms with Crippen molar-refractivity contribution < 1.29 is 4.79 Å². The molecule has 0 fully saturated rings. The molecule has 0 radical (unpaired) electrons. The van der Waals surface area contributed by atoms with Crippen molar-refractivity contribution in [2.45, 2.75) is 0 Å². The molecule has 0 aliphatic rings. The zero-order valence-corrected chi connectivity index (χ0v) is 14.1. The van der Waals surface area contributed by atoms with Gasteiger partial charge in [0.2, 0.25) is 5.78 Å². The smallest absolute Gasteiger partial charge is 0.221 e. The zero-order valence-electron chi connectivity index (χ0n) is 10.1. The third-order valence-electron chi connectivity index (χ3n) is 2.75. The Morgan fingerprint density at radius 2 is 1.90 bits per heavy atom. The molecule has 0 amide bonds. The van der Waals surface area contributed by atoms with Crippen molar-refractivity contribution in [3.63, 3.8) is 0 Å². The van der Waals surface area contributed by atoms with Gasteiger partial charge in [-0.15, -0.1) is 11.3 Å². The minimum Gasteiger partial charge on any atom is -0.286 e. The predicted octanol–water partition coefficient (Wildman–Crippen LogP) is 4.69. The zero-order chi connectivity index (χ0) is 14.1. The van der Waals surface area contributed by atoms with Crippen molar-refractivity contribution in [2.24, 2.45) is 0 Å². The van der Waals surface area contributed by atoms with Gasteiger partial charge >= 0.3 is 0 Å². The number of thiophene rings is 1. The van der Waals surface area contributed by atoms with E-state index in [1.54, 1.807) is 16.9 Å². The molecule has 0 unspecified atom stereocenters. The summed E-state index contributed by atoms with van der Waals surface area (Å²) in [6, 6.07) is 13.2. The van der Waals surface area contributed by atoms with Crippen LogP contribution < -0.4 is 0 Å². The van der Waals surface area contributed by atoms with Crippen molar-refractivity contribution >= 4 is 49.0 Å². The molecule has 0 spiro atoms. The summed E-state index contributed by atoms with van der Waals surface area (Å²) in [7, 11) is 0. The third-order valence-corrected chi connectivity index (χ3v) is 6.00. The maximum atomic E-state index is 12.6. The molecule has 3 nitrogen and oxygen atoms in total. The van der Waals surface area contributed by atoms with Gasteiger partial charge in [0.05, 0.1) is 20.5 Å². The highest BCUT2D eigenvalue weighted by Crippen LogP contribution is 2.33. The Kier molecular flexibility index (Phi) is 3.87. The Hall–Kier alpha value is -1.24. The molecule has 0 saturated carbocycles. The fraction of sp³-hybridized carbons (Fsp3) is 0. The van der Waals surface area contributed by atoms with Gasteiger partial charge in [0.15, 0.2) is 0 Å². The second-order valence-electron chi connectivity index (χ2n) is 4.03. The normalized spacial score (nSPS) is 10.7. The molecular formula is C14H8Br2N2OS. The number of hydrogen-bond donors (Lipinski definition) is 0. The van der Waals surface area contributed by atoms with Gasteiger partial charge in [-0.3, -0.25) is 4.79 Å². The first-order valence-electron chi connectivity index (χ1n) is 5.76. The van der Waals surface area contributed by atoms with E-state index in [1.807, 2.05) is 36.4 Å². The van der Waals surface area contributed by atoms with Crippen LogP contribution in [-0.2, 0) is 0 Å². The molecule has 100 valence electrons. The van der Waals surface area contributed by atoms with Crippen LogP contribution in [0.15, 0.2) is 56.9 Å². The van der Waals surface area contributed by atoms with Crippen LogP contribution in [0.5, 0.6) is 0 Å². The Balaban J connectivity index is 2.04. The van der Waals surface area contributed by atoms with E-state index in [-0.39, 0.29) is 5.78 Å². The van der Waals surface area contributed by atoms with Crippen molar-refractivity contribution in [1.82, 2.24) is 9.78 Å².